The molecule has 0 amide bonds. The smallest absolute Gasteiger partial charge is 0.304 e. The Morgan fingerprint density at radius 1 is 0.939 bits per heavy atom. The maximum Gasteiger partial charge on any atom is 0.304 e. The highest BCUT2D eigenvalue weighted by atomic mass is 16.7. The van der Waals surface area contributed by atoms with E-state index in [4.69, 9.17) is 0 Å². The van der Waals surface area contributed by atoms with Gasteiger partial charge in [0.1, 0.15) is 0 Å². The van der Waals surface area contributed by atoms with E-state index in [2.05, 4.69) is 42.5 Å². The predicted octanol–water partition coefficient (Wildman–Crippen LogP) is 3.80. The molecule has 5 N–H and O–H groups in total. The van der Waals surface area contributed by atoms with Gasteiger partial charge in [-0.05, 0) is 76.3 Å². The van der Waals surface area contributed by atoms with Gasteiger partial charge in [-0.15, -0.1) is 0 Å². The first-order valence-corrected chi connectivity index (χ1v) is 11.7. The molecule has 2 aromatic carbocycles. The molecule has 0 saturated heterocycles. The summed E-state index contributed by atoms with van der Waals surface area (Å²) in [5, 5.41) is 47.9. The lowest BCUT2D eigenvalue weighted by Crippen LogP contribution is -2.27. The molecule has 5 nitrogen and oxygen atoms in total. The first-order valence-electron chi connectivity index (χ1n) is 11.7. The fraction of sp³-hybridized carbons (Fsp3) is 0.357. The zero-order valence-corrected chi connectivity index (χ0v) is 18.5. The zero-order valence-electron chi connectivity index (χ0n) is 18.5. The summed E-state index contributed by atoms with van der Waals surface area (Å²) in [6.07, 6.45) is 13.0. The lowest BCUT2D eigenvalue weighted by Gasteiger charge is -2.20. The molecule has 172 valence electrons. The van der Waals surface area contributed by atoms with E-state index < -0.39 is 12.3 Å². The van der Waals surface area contributed by atoms with Crippen LogP contribution in [0.3, 0.4) is 0 Å². The summed E-state index contributed by atoms with van der Waals surface area (Å²) < 4.78 is 0. The highest BCUT2D eigenvalue weighted by Crippen LogP contribution is 2.44. The van der Waals surface area contributed by atoms with Crippen LogP contribution in [0, 0.1) is 5.92 Å². The number of allylic oxidation sites excluding steroid dienone is 5. The largest absolute Gasteiger partial charge is 0.368 e. The van der Waals surface area contributed by atoms with Crippen LogP contribution in [0.1, 0.15) is 71.4 Å². The fourth-order valence-corrected chi connectivity index (χ4v) is 5.63. The van der Waals surface area contributed by atoms with Gasteiger partial charge in [0.15, 0.2) is 6.29 Å². The Labute approximate surface area is 193 Å². The summed E-state index contributed by atoms with van der Waals surface area (Å²) in [5.74, 6) is -1.74. The second kappa shape index (κ2) is 8.67. The van der Waals surface area contributed by atoms with Crippen LogP contribution < -0.4 is 0 Å². The molecule has 3 aliphatic carbocycles. The average molecular weight is 447 g/mol. The second-order valence-corrected chi connectivity index (χ2v) is 9.50. The van der Waals surface area contributed by atoms with Crippen LogP contribution in [0.2, 0.25) is 0 Å². The molecule has 3 aliphatic rings. The van der Waals surface area contributed by atoms with E-state index >= 15 is 0 Å². The van der Waals surface area contributed by atoms with Gasteiger partial charge in [-0.2, -0.15) is 0 Å². The Morgan fingerprint density at radius 3 is 2.42 bits per heavy atom. The number of hydrogen-bond donors (Lipinski definition) is 5. The molecule has 0 aromatic heterocycles. The zero-order chi connectivity index (χ0) is 23.2. The summed E-state index contributed by atoms with van der Waals surface area (Å²) >= 11 is 0. The number of aliphatic hydroxyl groups excluding tert-OH is 1. The number of aliphatic hydroxyl groups is 5. The van der Waals surface area contributed by atoms with Crippen LogP contribution in [0.15, 0.2) is 54.6 Å². The van der Waals surface area contributed by atoms with Crippen molar-refractivity contribution in [3.8, 4) is 0 Å². The molecular weight excluding hydrogens is 416 g/mol. The number of benzene rings is 2. The molecule has 5 heteroatoms. The predicted molar refractivity (Wildman–Crippen MR) is 127 cm³/mol. The minimum Gasteiger partial charge on any atom is -0.368 e. The van der Waals surface area contributed by atoms with Crippen LogP contribution >= 0.6 is 0 Å². The maximum absolute atomic E-state index is 9.78. The third kappa shape index (κ3) is 4.47. The SMILES string of the molecule is OC(O)Cc1ccc(C2=CC(c3ccc4c(c3)C=CC4C3CCCC3)=CC2)cc1C(O)(O)O. The van der Waals surface area contributed by atoms with E-state index in [1.165, 1.54) is 42.9 Å². The first-order chi connectivity index (χ1) is 15.8. The van der Waals surface area contributed by atoms with Crippen LogP contribution in [0.25, 0.3) is 17.2 Å². The highest BCUT2D eigenvalue weighted by Gasteiger charge is 2.29. The first kappa shape index (κ1) is 22.3. The molecule has 0 spiro atoms. The van der Waals surface area contributed by atoms with Gasteiger partial charge >= 0.3 is 5.97 Å². The van der Waals surface area contributed by atoms with Crippen LogP contribution in [-0.2, 0) is 12.4 Å². The van der Waals surface area contributed by atoms with E-state index in [-0.39, 0.29) is 17.5 Å². The third-order valence-electron chi connectivity index (χ3n) is 7.29. The Kier molecular flexibility index (Phi) is 5.85. The third-order valence-corrected chi connectivity index (χ3v) is 7.29. The Morgan fingerprint density at radius 2 is 1.70 bits per heavy atom. The van der Waals surface area contributed by atoms with Crippen LogP contribution in [0.4, 0.5) is 0 Å². The molecule has 0 aliphatic heterocycles. The minimum atomic E-state index is -3.06. The molecule has 1 atom stereocenters. The van der Waals surface area contributed by atoms with Gasteiger partial charge < -0.3 is 25.5 Å². The normalized spacial score (nSPS) is 20.5. The summed E-state index contributed by atoms with van der Waals surface area (Å²) in [4.78, 5) is 0. The number of rotatable bonds is 6. The Balaban J connectivity index is 1.39. The van der Waals surface area contributed by atoms with Crippen LogP contribution in [-0.4, -0.2) is 31.8 Å². The quantitative estimate of drug-likeness (QED) is 0.435. The van der Waals surface area contributed by atoms with Crippen molar-refractivity contribution in [3.63, 3.8) is 0 Å². The van der Waals surface area contributed by atoms with Gasteiger partial charge in [0.2, 0.25) is 0 Å². The second-order valence-electron chi connectivity index (χ2n) is 9.50. The molecule has 5 rings (SSSR count). The fourth-order valence-electron chi connectivity index (χ4n) is 5.63. The van der Waals surface area contributed by atoms with Crippen molar-refractivity contribution in [1.29, 1.82) is 0 Å². The standard InChI is InChI=1S/C28H30O5/c29-27(30)16-23-8-7-21(15-26(23)28(31,32)33)19-6-5-18(13-19)20-9-11-25-22(14-20)10-12-24(25)17-3-1-2-4-17/h5,7-15,17,24,27,29-33H,1-4,6,16H2. The molecule has 1 unspecified atom stereocenters. The summed E-state index contributed by atoms with van der Waals surface area (Å²) in [6, 6.07) is 11.6. The van der Waals surface area contributed by atoms with Gasteiger partial charge in [-0.3, -0.25) is 0 Å². The van der Waals surface area contributed by atoms with Gasteiger partial charge in [0, 0.05) is 17.9 Å². The van der Waals surface area contributed by atoms with E-state index in [1.54, 1.807) is 12.1 Å². The molecule has 1 fully saturated rings. The molecule has 0 heterocycles. The molecule has 33 heavy (non-hydrogen) atoms. The van der Waals surface area contributed by atoms with Crippen molar-refractivity contribution in [3.05, 3.63) is 88.0 Å². The summed E-state index contributed by atoms with van der Waals surface area (Å²) in [7, 11) is 0. The lowest BCUT2D eigenvalue weighted by molar-refractivity contribution is -0.324. The summed E-state index contributed by atoms with van der Waals surface area (Å²) in [6.45, 7) is 0. The van der Waals surface area contributed by atoms with Gasteiger partial charge in [-0.1, -0.05) is 61.4 Å². The van der Waals surface area contributed by atoms with Crippen molar-refractivity contribution in [1.82, 2.24) is 0 Å². The Bertz CT molecular complexity index is 1140. The Hall–Kier alpha value is -2.54. The molecule has 2 aromatic rings. The highest BCUT2D eigenvalue weighted by molar-refractivity contribution is 5.90. The van der Waals surface area contributed by atoms with Crippen molar-refractivity contribution in [2.75, 3.05) is 0 Å². The van der Waals surface area contributed by atoms with Gasteiger partial charge in [0.25, 0.3) is 0 Å². The van der Waals surface area contributed by atoms with Crippen molar-refractivity contribution in [2.45, 2.75) is 56.7 Å². The molecule has 1 saturated carbocycles. The van der Waals surface area contributed by atoms with E-state index in [0.717, 1.165) is 28.2 Å². The van der Waals surface area contributed by atoms with Crippen molar-refractivity contribution >= 4 is 17.2 Å². The lowest BCUT2D eigenvalue weighted by atomic mass is 9.86. The van der Waals surface area contributed by atoms with E-state index in [1.807, 2.05) is 0 Å². The van der Waals surface area contributed by atoms with E-state index in [0.29, 0.717) is 12.3 Å². The van der Waals surface area contributed by atoms with Gasteiger partial charge in [0.05, 0.1) is 0 Å². The number of hydrogen-bond acceptors (Lipinski definition) is 5. The van der Waals surface area contributed by atoms with E-state index in [9.17, 15) is 25.5 Å². The van der Waals surface area contributed by atoms with Crippen LogP contribution in [0.5, 0.6) is 0 Å². The molecule has 0 radical (unpaired) electrons. The van der Waals surface area contributed by atoms with Crippen molar-refractivity contribution in [2.24, 2.45) is 5.92 Å². The maximum atomic E-state index is 9.78. The van der Waals surface area contributed by atoms with Crippen molar-refractivity contribution < 1.29 is 25.5 Å². The topological polar surface area (TPSA) is 101 Å². The minimum absolute atomic E-state index is 0.150. The molecular formula is C28H30O5. The average Bonchev–Trinajstić information content (AvgIpc) is 3.52. The number of fused-ring (bicyclic) bond motifs is 1. The summed E-state index contributed by atoms with van der Waals surface area (Å²) in [5.41, 5.74) is 6.85. The monoisotopic (exact) mass is 446 g/mol. The molecule has 0 bridgehead atoms. The van der Waals surface area contributed by atoms with Gasteiger partial charge in [-0.25, -0.2) is 0 Å².